The van der Waals surface area contributed by atoms with Crippen LogP contribution in [-0.4, -0.2) is 55.7 Å². The summed E-state index contributed by atoms with van der Waals surface area (Å²) in [5.74, 6) is 0. The minimum absolute atomic E-state index is 0.0417. The first-order valence-corrected chi connectivity index (χ1v) is 6.49. The zero-order chi connectivity index (χ0) is 13.9. The molecule has 17 heavy (non-hydrogen) atoms. The van der Waals surface area contributed by atoms with Crippen molar-refractivity contribution in [3.8, 4) is 0 Å². The summed E-state index contributed by atoms with van der Waals surface area (Å²) < 4.78 is 4.94. The molecule has 0 amide bonds. The third-order valence-electron chi connectivity index (χ3n) is 2.41. The number of nitrogens with zero attached hydrogens (tertiary/aromatic N) is 2. The average molecular weight is 244 g/mol. The number of likely N-dealkylation sites (N-methyl/N-ethyl adjacent to an activating group) is 1. The lowest BCUT2D eigenvalue weighted by Gasteiger charge is -2.31. The Hall–Kier alpha value is -0.540. The monoisotopic (exact) mass is 244 g/mol. The molecule has 1 saturated heterocycles. The number of methoxy groups -OCH3 is 1. The highest BCUT2D eigenvalue weighted by molar-refractivity contribution is 4.76. The highest BCUT2D eigenvalue weighted by atomic mass is 16.5. The van der Waals surface area contributed by atoms with Crippen molar-refractivity contribution in [2.24, 2.45) is 0 Å². The predicted octanol–water partition coefficient (Wildman–Crippen LogP) is 2.83. The second-order valence-corrected chi connectivity index (χ2v) is 4.84. The first-order valence-electron chi connectivity index (χ1n) is 6.49. The van der Waals surface area contributed by atoms with Crippen molar-refractivity contribution in [1.82, 2.24) is 9.80 Å². The van der Waals surface area contributed by atoms with Gasteiger partial charge in [-0.15, -0.1) is 0 Å². The van der Waals surface area contributed by atoms with Crippen molar-refractivity contribution >= 4 is 0 Å². The number of piperazine rings is 1. The minimum Gasteiger partial charge on any atom is -0.379 e. The van der Waals surface area contributed by atoms with Gasteiger partial charge in [-0.05, 0) is 34.0 Å². The van der Waals surface area contributed by atoms with Crippen molar-refractivity contribution in [2.45, 2.75) is 40.2 Å². The standard InChI is InChI=1S/C7H14N2.C5H12O.C2H6/c1-3-9-6-4-8(2)5-7-9;1-5(2,3)6-4;1-2/h3H,1,4-7H2,2H3;1-4H3;1-2H3. The van der Waals surface area contributed by atoms with E-state index in [0.29, 0.717) is 0 Å². The smallest absolute Gasteiger partial charge is 0.0594 e. The molecule has 0 atom stereocenters. The van der Waals surface area contributed by atoms with Crippen LogP contribution in [0.2, 0.25) is 0 Å². The van der Waals surface area contributed by atoms with Crippen LogP contribution in [0.15, 0.2) is 12.8 Å². The van der Waals surface area contributed by atoms with Crippen molar-refractivity contribution in [1.29, 1.82) is 0 Å². The van der Waals surface area contributed by atoms with Crippen LogP contribution >= 0.6 is 0 Å². The Morgan fingerprint density at radius 2 is 1.41 bits per heavy atom. The average Bonchev–Trinajstić information content (AvgIpc) is 2.33. The minimum atomic E-state index is 0.0417. The van der Waals surface area contributed by atoms with Gasteiger partial charge in [-0.1, -0.05) is 20.4 Å². The molecule has 1 aliphatic rings. The maximum Gasteiger partial charge on any atom is 0.0594 e. The molecule has 0 spiro atoms. The molecule has 0 unspecified atom stereocenters. The highest BCUT2D eigenvalue weighted by Gasteiger charge is 2.08. The second kappa shape index (κ2) is 10.6. The molecule has 0 aromatic heterocycles. The van der Waals surface area contributed by atoms with Gasteiger partial charge in [0.05, 0.1) is 5.60 Å². The van der Waals surface area contributed by atoms with E-state index in [1.165, 1.54) is 13.1 Å². The predicted molar refractivity (Wildman–Crippen MR) is 77.4 cm³/mol. The summed E-state index contributed by atoms with van der Waals surface area (Å²) >= 11 is 0. The van der Waals surface area contributed by atoms with Crippen LogP contribution in [0, 0.1) is 0 Å². The van der Waals surface area contributed by atoms with Crippen LogP contribution in [-0.2, 0) is 4.74 Å². The van der Waals surface area contributed by atoms with Crippen LogP contribution in [0.4, 0.5) is 0 Å². The van der Waals surface area contributed by atoms with E-state index < -0.39 is 0 Å². The Morgan fingerprint density at radius 1 is 1.06 bits per heavy atom. The number of ether oxygens (including phenoxy) is 1. The van der Waals surface area contributed by atoms with Gasteiger partial charge in [0.2, 0.25) is 0 Å². The van der Waals surface area contributed by atoms with Gasteiger partial charge in [-0.25, -0.2) is 0 Å². The van der Waals surface area contributed by atoms with Crippen molar-refractivity contribution in [3.05, 3.63) is 12.8 Å². The molecule has 104 valence electrons. The zero-order valence-electron chi connectivity index (χ0n) is 12.9. The van der Waals surface area contributed by atoms with Gasteiger partial charge in [0.1, 0.15) is 0 Å². The summed E-state index contributed by atoms with van der Waals surface area (Å²) in [7, 11) is 3.86. The van der Waals surface area contributed by atoms with Crippen LogP contribution in [0.25, 0.3) is 0 Å². The molecule has 1 aliphatic heterocycles. The molecule has 0 N–H and O–H groups in total. The molecule has 0 aromatic carbocycles. The van der Waals surface area contributed by atoms with Gasteiger partial charge in [-0.2, -0.15) is 0 Å². The number of rotatable bonds is 1. The highest BCUT2D eigenvalue weighted by Crippen LogP contribution is 2.02. The topological polar surface area (TPSA) is 15.7 Å². The van der Waals surface area contributed by atoms with Gasteiger partial charge < -0.3 is 14.5 Å². The van der Waals surface area contributed by atoms with Gasteiger partial charge in [0.15, 0.2) is 0 Å². The second-order valence-electron chi connectivity index (χ2n) is 4.84. The first kappa shape index (κ1) is 18.8. The lowest BCUT2D eigenvalue weighted by molar-refractivity contribution is 0.0397. The van der Waals surface area contributed by atoms with E-state index in [2.05, 4.69) is 23.4 Å². The van der Waals surface area contributed by atoms with Gasteiger partial charge in [0, 0.05) is 33.3 Å². The molecule has 3 nitrogen and oxygen atoms in total. The molecule has 1 rings (SSSR count). The van der Waals surface area contributed by atoms with Crippen LogP contribution in [0.1, 0.15) is 34.6 Å². The van der Waals surface area contributed by atoms with Gasteiger partial charge in [0.25, 0.3) is 0 Å². The quantitative estimate of drug-likeness (QED) is 0.705. The summed E-state index contributed by atoms with van der Waals surface area (Å²) in [6, 6.07) is 0. The molecule has 0 saturated carbocycles. The molecule has 0 radical (unpaired) electrons. The largest absolute Gasteiger partial charge is 0.379 e. The van der Waals surface area contributed by atoms with Crippen molar-refractivity contribution in [2.75, 3.05) is 40.3 Å². The fourth-order valence-electron chi connectivity index (χ4n) is 1.00. The molecular weight excluding hydrogens is 212 g/mol. The van der Waals surface area contributed by atoms with Gasteiger partial charge >= 0.3 is 0 Å². The Balaban J connectivity index is 0. The van der Waals surface area contributed by atoms with E-state index in [1.54, 1.807) is 7.11 Å². The molecule has 3 heteroatoms. The number of hydrogen-bond donors (Lipinski definition) is 0. The lowest BCUT2D eigenvalue weighted by atomic mass is 10.2. The summed E-state index contributed by atoms with van der Waals surface area (Å²) in [5, 5.41) is 0. The van der Waals surface area contributed by atoms with E-state index in [1.807, 2.05) is 40.8 Å². The fourth-order valence-corrected chi connectivity index (χ4v) is 1.00. The Kier molecular flexibility index (Phi) is 11.7. The normalized spacial score (nSPS) is 16.3. The summed E-state index contributed by atoms with van der Waals surface area (Å²) in [6.45, 7) is 18.4. The summed E-state index contributed by atoms with van der Waals surface area (Å²) in [4.78, 5) is 4.58. The van der Waals surface area contributed by atoms with E-state index in [9.17, 15) is 0 Å². The van der Waals surface area contributed by atoms with E-state index in [4.69, 9.17) is 4.74 Å². The molecular formula is C14H32N2O. The zero-order valence-corrected chi connectivity index (χ0v) is 12.9. The van der Waals surface area contributed by atoms with E-state index >= 15 is 0 Å². The maximum absolute atomic E-state index is 4.94. The Labute approximate surface area is 108 Å². The third-order valence-corrected chi connectivity index (χ3v) is 2.41. The summed E-state index contributed by atoms with van der Waals surface area (Å²) in [5.41, 5.74) is 0.0417. The van der Waals surface area contributed by atoms with Gasteiger partial charge in [-0.3, -0.25) is 0 Å². The van der Waals surface area contributed by atoms with Crippen LogP contribution in [0.3, 0.4) is 0 Å². The van der Waals surface area contributed by atoms with Crippen LogP contribution in [0.5, 0.6) is 0 Å². The SMILES string of the molecule is C=CN1CCN(C)CC1.CC.COC(C)(C)C. The Bertz CT molecular complexity index is 168. The van der Waals surface area contributed by atoms with E-state index in [-0.39, 0.29) is 5.60 Å². The van der Waals surface area contributed by atoms with Crippen LogP contribution < -0.4 is 0 Å². The summed E-state index contributed by atoms with van der Waals surface area (Å²) in [6.07, 6.45) is 1.92. The molecule has 0 aromatic rings. The Morgan fingerprint density at radius 3 is 1.65 bits per heavy atom. The molecule has 1 heterocycles. The van der Waals surface area contributed by atoms with Crippen molar-refractivity contribution < 1.29 is 4.74 Å². The van der Waals surface area contributed by atoms with E-state index in [0.717, 1.165) is 13.1 Å². The maximum atomic E-state index is 4.94. The lowest BCUT2D eigenvalue weighted by Crippen LogP contribution is -2.41. The van der Waals surface area contributed by atoms with Crippen molar-refractivity contribution in [3.63, 3.8) is 0 Å². The first-order chi connectivity index (χ1) is 7.89. The molecule has 0 aliphatic carbocycles. The third kappa shape index (κ3) is 13.4. The number of hydrogen-bond acceptors (Lipinski definition) is 3. The molecule has 1 fully saturated rings. The fraction of sp³-hybridized carbons (Fsp3) is 0.857. The molecule has 0 bridgehead atoms.